The van der Waals surface area contributed by atoms with Crippen LogP contribution in [-0.4, -0.2) is 17.3 Å². The maximum atomic E-state index is 9.17. The van der Waals surface area contributed by atoms with Crippen LogP contribution in [0.5, 0.6) is 0 Å². The van der Waals surface area contributed by atoms with Crippen LogP contribution in [0.3, 0.4) is 0 Å². The Morgan fingerprint density at radius 3 is 3.08 bits per heavy atom. The third-order valence-corrected chi connectivity index (χ3v) is 2.67. The number of anilines is 1. The van der Waals surface area contributed by atoms with E-state index in [1.807, 2.05) is 25.1 Å². The largest absolute Gasteiger partial charge is 0.394 e. The number of hydrogen-bond donors (Lipinski definition) is 2. The minimum atomic E-state index is -0.215. The van der Waals surface area contributed by atoms with Gasteiger partial charge in [-0.15, -0.1) is 0 Å². The lowest BCUT2D eigenvalue weighted by Gasteiger charge is -2.21. The van der Waals surface area contributed by atoms with E-state index in [9.17, 15) is 5.11 Å². The second kappa shape index (κ2) is 2.89. The highest BCUT2D eigenvalue weighted by molar-refractivity contribution is 6.30. The van der Waals surface area contributed by atoms with E-state index in [-0.39, 0.29) is 12.1 Å². The number of halogens is 1. The zero-order chi connectivity index (χ0) is 9.47. The maximum absolute atomic E-state index is 9.17. The zero-order valence-corrected chi connectivity index (χ0v) is 8.23. The molecule has 0 saturated heterocycles. The first-order chi connectivity index (χ1) is 6.13. The Bertz CT molecular complexity index is 340. The molecule has 0 spiro atoms. The summed E-state index contributed by atoms with van der Waals surface area (Å²) in [5, 5.41) is 13.2. The average Bonchev–Trinajstić information content (AvgIpc) is 2.42. The van der Waals surface area contributed by atoms with Crippen LogP contribution < -0.4 is 5.32 Å². The summed E-state index contributed by atoms with van der Waals surface area (Å²) in [6.07, 6.45) is 0.833. The van der Waals surface area contributed by atoms with Gasteiger partial charge in [0.25, 0.3) is 0 Å². The topological polar surface area (TPSA) is 32.3 Å². The molecular weight excluding hydrogens is 186 g/mol. The van der Waals surface area contributed by atoms with Crippen molar-refractivity contribution in [3.63, 3.8) is 0 Å². The van der Waals surface area contributed by atoms with Crippen LogP contribution in [0.1, 0.15) is 12.5 Å². The highest BCUT2D eigenvalue weighted by Crippen LogP contribution is 2.33. The fraction of sp³-hybridized carbons (Fsp3) is 0.400. The van der Waals surface area contributed by atoms with Crippen molar-refractivity contribution in [2.24, 2.45) is 0 Å². The first kappa shape index (κ1) is 8.85. The van der Waals surface area contributed by atoms with Gasteiger partial charge in [-0.3, -0.25) is 0 Å². The molecule has 70 valence electrons. The molecule has 1 aromatic rings. The van der Waals surface area contributed by atoms with Crippen molar-refractivity contribution in [2.75, 3.05) is 11.9 Å². The number of benzene rings is 1. The molecule has 0 saturated carbocycles. The molecule has 2 nitrogen and oxygen atoms in total. The molecule has 0 fully saturated rings. The Kier molecular flexibility index (Phi) is 1.97. The summed E-state index contributed by atoms with van der Waals surface area (Å²) in [6.45, 7) is 2.14. The molecule has 0 amide bonds. The van der Waals surface area contributed by atoms with E-state index in [2.05, 4.69) is 5.32 Å². The number of nitrogens with one attached hydrogen (secondary N) is 1. The van der Waals surface area contributed by atoms with E-state index in [1.54, 1.807) is 0 Å². The van der Waals surface area contributed by atoms with E-state index in [4.69, 9.17) is 11.6 Å². The molecular formula is C10H12ClNO. The molecule has 1 aliphatic heterocycles. The predicted octanol–water partition coefficient (Wildman–Crippen LogP) is 2.06. The summed E-state index contributed by atoms with van der Waals surface area (Å²) in [7, 11) is 0. The summed E-state index contributed by atoms with van der Waals surface area (Å²) in [4.78, 5) is 0. The van der Waals surface area contributed by atoms with E-state index in [0.29, 0.717) is 0 Å². The minimum Gasteiger partial charge on any atom is -0.394 e. The molecule has 1 heterocycles. The van der Waals surface area contributed by atoms with Gasteiger partial charge in [0, 0.05) is 10.7 Å². The van der Waals surface area contributed by atoms with Gasteiger partial charge in [-0.2, -0.15) is 0 Å². The number of rotatable bonds is 1. The second-order valence-corrected chi connectivity index (χ2v) is 4.26. The van der Waals surface area contributed by atoms with Gasteiger partial charge >= 0.3 is 0 Å². The fourth-order valence-corrected chi connectivity index (χ4v) is 1.91. The van der Waals surface area contributed by atoms with Crippen LogP contribution in [-0.2, 0) is 6.42 Å². The van der Waals surface area contributed by atoms with Crippen LogP contribution in [0, 0.1) is 0 Å². The minimum absolute atomic E-state index is 0.138. The zero-order valence-electron chi connectivity index (χ0n) is 7.47. The Labute approximate surface area is 82.5 Å². The summed E-state index contributed by atoms with van der Waals surface area (Å²) in [5.41, 5.74) is 2.05. The van der Waals surface area contributed by atoms with Crippen molar-refractivity contribution in [3.8, 4) is 0 Å². The van der Waals surface area contributed by atoms with E-state index in [1.165, 1.54) is 5.56 Å². The summed E-state index contributed by atoms with van der Waals surface area (Å²) >= 11 is 5.87. The Morgan fingerprint density at radius 1 is 1.62 bits per heavy atom. The molecule has 1 aromatic carbocycles. The second-order valence-electron chi connectivity index (χ2n) is 3.82. The van der Waals surface area contributed by atoms with Gasteiger partial charge < -0.3 is 10.4 Å². The summed E-state index contributed by atoms with van der Waals surface area (Å²) in [6, 6.07) is 5.76. The maximum Gasteiger partial charge on any atom is 0.0662 e. The smallest absolute Gasteiger partial charge is 0.0662 e. The van der Waals surface area contributed by atoms with Crippen LogP contribution in [0.25, 0.3) is 0 Å². The number of fused-ring (bicyclic) bond motifs is 1. The molecule has 1 aliphatic rings. The van der Waals surface area contributed by atoms with Gasteiger partial charge in [-0.05, 0) is 37.1 Å². The monoisotopic (exact) mass is 197 g/mol. The Hall–Kier alpha value is -0.730. The average molecular weight is 198 g/mol. The molecule has 3 heteroatoms. The third kappa shape index (κ3) is 1.52. The van der Waals surface area contributed by atoms with E-state index >= 15 is 0 Å². The summed E-state index contributed by atoms with van der Waals surface area (Å²) in [5.74, 6) is 0. The molecule has 0 radical (unpaired) electrons. The van der Waals surface area contributed by atoms with Crippen molar-refractivity contribution in [1.29, 1.82) is 0 Å². The molecule has 0 aromatic heterocycles. The number of hydrogen-bond acceptors (Lipinski definition) is 2. The molecule has 1 atom stereocenters. The van der Waals surface area contributed by atoms with Gasteiger partial charge in [0.15, 0.2) is 0 Å². The van der Waals surface area contributed by atoms with E-state index < -0.39 is 0 Å². The number of aliphatic hydroxyl groups excluding tert-OH is 1. The molecule has 0 bridgehead atoms. The van der Waals surface area contributed by atoms with Crippen LogP contribution in [0.2, 0.25) is 5.02 Å². The standard InChI is InChI=1S/C10H12ClNO/c1-10(6-13)5-7-4-8(11)2-3-9(7)12-10/h2-4,12-13H,5-6H2,1H3. The highest BCUT2D eigenvalue weighted by atomic mass is 35.5. The SMILES string of the molecule is CC1(CO)Cc2cc(Cl)ccc2N1. The summed E-state index contributed by atoms with van der Waals surface area (Å²) < 4.78 is 0. The first-order valence-corrected chi connectivity index (χ1v) is 4.68. The van der Waals surface area contributed by atoms with Gasteiger partial charge in [0.1, 0.15) is 0 Å². The van der Waals surface area contributed by atoms with Crippen LogP contribution >= 0.6 is 11.6 Å². The third-order valence-electron chi connectivity index (χ3n) is 2.43. The quantitative estimate of drug-likeness (QED) is 0.723. The van der Waals surface area contributed by atoms with Crippen molar-refractivity contribution in [3.05, 3.63) is 28.8 Å². The van der Waals surface area contributed by atoms with Crippen molar-refractivity contribution in [2.45, 2.75) is 18.9 Å². The molecule has 1 unspecified atom stereocenters. The molecule has 13 heavy (non-hydrogen) atoms. The van der Waals surface area contributed by atoms with Gasteiger partial charge in [0.2, 0.25) is 0 Å². The lowest BCUT2D eigenvalue weighted by atomic mass is 9.99. The van der Waals surface area contributed by atoms with E-state index in [0.717, 1.165) is 17.1 Å². The van der Waals surface area contributed by atoms with Crippen LogP contribution in [0.15, 0.2) is 18.2 Å². The Balaban J connectivity index is 2.35. The van der Waals surface area contributed by atoms with Crippen molar-refractivity contribution < 1.29 is 5.11 Å². The highest BCUT2D eigenvalue weighted by Gasteiger charge is 2.31. The predicted molar refractivity (Wildman–Crippen MR) is 54.3 cm³/mol. The van der Waals surface area contributed by atoms with Gasteiger partial charge in [-0.25, -0.2) is 0 Å². The molecule has 0 aliphatic carbocycles. The normalized spacial score (nSPS) is 25.5. The number of aliphatic hydroxyl groups is 1. The van der Waals surface area contributed by atoms with Crippen molar-refractivity contribution in [1.82, 2.24) is 0 Å². The Morgan fingerprint density at radius 2 is 2.38 bits per heavy atom. The first-order valence-electron chi connectivity index (χ1n) is 4.30. The lowest BCUT2D eigenvalue weighted by molar-refractivity contribution is 0.227. The molecule has 2 rings (SSSR count). The van der Waals surface area contributed by atoms with Crippen molar-refractivity contribution >= 4 is 17.3 Å². The van der Waals surface area contributed by atoms with Gasteiger partial charge in [0.05, 0.1) is 12.1 Å². The lowest BCUT2D eigenvalue weighted by Crippen LogP contribution is -2.36. The fourth-order valence-electron chi connectivity index (χ4n) is 1.72. The van der Waals surface area contributed by atoms with Crippen LogP contribution in [0.4, 0.5) is 5.69 Å². The molecule has 2 N–H and O–H groups in total. The van der Waals surface area contributed by atoms with Gasteiger partial charge in [-0.1, -0.05) is 11.6 Å².